The zero-order valence-electron chi connectivity index (χ0n) is 33.4. The third kappa shape index (κ3) is 9.85. The fourth-order valence-corrected chi connectivity index (χ4v) is 8.59. The Labute approximate surface area is 315 Å². The molecule has 3 amide bonds. The van der Waals surface area contributed by atoms with Crippen LogP contribution in [0, 0.1) is 17.3 Å². The second kappa shape index (κ2) is 15.8. The number of hydrogen-bond donors (Lipinski definition) is 3. The molecule has 5 fully saturated rings. The molecule has 1 aromatic rings. The average Bonchev–Trinajstić information content (AvgIpc) is 3.41. The summed E-state index contributed by atoms with van der Waals surface area (Å²) < 4.78 is 30.2. The first-order valence-corrected chi connectivity index (χ1v) is 19.2. The van der Waals surface area contributed by atoms with Crippen molar-refractivity contribution >= 4 is 31.0 Å². The van der Waals surface area contributed by atoms with E-state index in [0.29, 0.717) is 55.5 Å². The number of carbonyl (C=O) groups excluding carboxylic acids is 4. The molecule has 3 saturated carbocycles. The van der Waals surface area contributed by atoms with Gasteiger partial charge in [-0.2, -0.15) is 0 Å². The first kappa shape index (κ1) is 40.8. The summed E-state index contributed by atoms with van der Waals surface area (Å²) >= 11 is 0. The predicted octanol–water partition coefficient (Wildman–Crippen LogP) is 4.44. The Kier molecular flexibility index (Phi) is 12.2. The summed E-state index contributed by atoms with van der Waals surface area (Å²) in [5.74, 6) is -0.0122. The number of esters is 1. The van der Waals surface area contributed by atoms with Crippen molar-refractivity contribution in [3.8, 4) is 5.75 Å². The number of benzene rings is 1. The van der Waals surface area contributed by atoms with Crippen molar-refractivity contribution in [1.82, 2.24) is 20.9 Å². The van der Waals surface area contributed by atoms with E-state index in [9.17, 15) is 19.2 Å². The lowest BCUT2D eigenvalue weighted by atomic mass is 9.43. The zero-order chi connectivity index (χ0) is 38.9. The number of likely N-dealkylation sites (tertiary alicyclic amines) is 1. The normalized spacial score (nSPS) is 26.1. The maximum Gasteiger partial charge on any atom is 0.482 e. The number of rotatable bonds is 12. The summed E-state index contributed by atoms with van der Waals surface area (Å²) in [6.07, 6.45) is 3.27. The van der Waals surface area contributed by atoms with Crippen molar-refractivity contribution in [1.29, 1.82) is 0 Å². The van der Waals surface area contributed by atoms with E-state index in [4.69, 9.17) is 23.5 Å². The van der Waals surface area contributed by atoms with Gasteiger partial charge in [-0.15, -0.1) is 0 Å². The molecule has 6 rings (SSSR count). The van der Waals surface area contributed by atoms with Crippen LogP contribution in [0.3, 0.4) is 0 Å². The van der Waals surface area contributed by atoms with Crippen molar-refractivity contribution in [3.05, 3.63) is 29.3 Å². The predicted molar refractivity (Wildman–Crippen MR) is 200 cm³/mol. The lowest BCUT2D eigenvalue weighted by Gasteiger charge is -2.64. The van der Waals surface area contributed by atoms with Crippen LogP contribution in [-0.2, 0) is 34.8 Å². The van der Waals surface area contributed by atoms with Crippen molar-refractivity contribution in [2.45, 2.75) is 136 Å². The number of hydrogen-bond acceptors (Lipinski definition) is 10. The molecule has 2 heterocycles. The van der Waals surface area contributed by atoms with E-state index in [1.165, 1.54) is 7.11 Å². The zero-order valence-corrected chi connectivity index (χ0v) is 33.4. The van der Waals surface area contributed by atoms with E-state index in [-0.39, 0.29) is 48.9 Å². The highest BCUT2D eigenvalue weighted by Gasteiger charge is 2.68. The molecule has 3 aliphatic carbocycles. The number of para-hydroxylation sites is 1. The highest BCUT2D eigenvalue weighted by atomic mass is 16.7. The number of alkyl carbamates (subject to hydrolysis) is 1. The van der Waals surface area contributed by atoms with E-state index < -0.39 is 41.9 Å². The van der Waals surface area contributed by atoms with Crippen molar-refractivity contribution in [2.75, 3.05) is 33.3 Å². The Bertz CT molecular complexity index is 1520. The van der Waals surface area contributed by atoms with Gasteiger partial charge in [-0.1, -0.05) is 26.0 Å². The minimum atomic E-state index is -0.690. The van der Waals surface area contributed by atoms with Crippen LogP contribution in [0.5, 0.6) is 5.75 Å². The molecular weight excluding hydrogens is 679 g/mol. The summed E-state index contributed by atoms with van der Waals surface area (Å²) in [5.41, 5.74) is -0.539. The fraction of sp³-hybridized carbons (Fsp3) is 0.744. The molecule has 53 heavy (non-hydrogen) atoms. The van der Waals surface area contributed by atoms with Crippen molar-refractivity contribution in [2.24, 2.45) is 17.3 Å². The number of piperidine rings is 1. The Hall–Kier alpha value is -3.36. The van der Waals surface area contributed by atoms with Crippen LogP contribution in [0.15, 0.2) is 18.2 Å². The summed E-state index contributed by atoms with van der Waals surface area (Å²) in [6, 6.07) is 5.36. The van der Waals surface area contributed by atoms with Crippen LogP contribution in [0.25, 0.3) is 0 Å². The molecule has 1 aromatic carbocycles. The minimum absolute atomic E-state index is 0.0133. The monoisotopic (exact) mass is 740 g/mol. The lowest BCUT2D eigenvalue weighted by Crippen LogP contribution is -2.65. The quantitative estimate of drug-likeness (QED) is 0.207. The van der Waals surface area contributed by atoms with Gasteiger partial charge in [-0.05, 0) is 109 Å². The number of amides is 3. The third-order valence-electron chi connectivity index (χ3n) is 11.3. The first-order valence-electron chi connectivity index (χ1n) is 19.2. The van der Waals surface area contributed by atoms with Gasteiger partial charge < -0.3 is 39.5 Å². The van der Waals surface area contributed by atoms with Gasteiger partial charge in [0, 0.05) is 32.1 Å². The van der Waals surface area contributed by atoms with E-state index in [0.717, 1.165) is 18.4 Å². The van der Waals surface area contributed by atoms with E-state index in [1.807, 2.05) is 26.8 Å². The Morgan fingerprint density at radius 3 is 2.28 bits per heavy atom. The standard InChI is InChI=1S/C39H61BN4O9/c1-36(2,3)50-34(47)27-13-11-12-24(33(27)49-10)20-30(40-52-29-22-25-21-28(38(25,7)8)39(29,9)53-40)43-32(46)23-44-18-15-26(16-19-44)42-31(45)14-17-41-35(48)51-37(4,5)6/h11-13,25-26,28-30H,14-23H2,1-10H3,(H,41,48)(H,42,45)(H,43,46). The molecule has 5 unspecified atom stereocenters. The fourth-order valence-electron chi connectivity index (χ4n) is 8.59. The van der Waals surface area contributed by atoms with Crippen LogP contribution in [0.1, 0.15) is 110 Å². The minimum Gasteiger partial charge on any atom is -0.496 e. The largest absolute Gasteiger partial charge is 0.496 e. The van der Waals surface area contributed by atoms with Gasteiger partial charge in [0.1, 0.15) is 22.5 Å². The van der Waals surface area contributed by atoms with Gasteiger partial charge in [0.15, 0.2) is 0 Å². The number of ether oxygens (including phenoxy) is 3. The SMILES string of the molecule is COc1c(CC(NC(=O)CN2CCC(NC(=O)CCNC(=O)OC(C)(C)C)CC2)B2OC3CC4CC(C4(C)C)C3(C)O2)cccc1C(=O)OC(C)(C)C. The van der Waals surface area contributed by atoms with Crippen LogP contribution in [0.2, 0.25) is 0 Å². The number of nitrogens with zero attached hydrogens (tertiary/aromatic N) is 1. The maximum atomic E-state index is 13.8. The molecule has 13 nitrogen and oxygen atoms in total. The van der Waals surface area contributed by atoms with Crippen LogP contribution >= 0.6 is 0 Å². The molecular formula is C39H61BN4O9. The molecule has 2 bridgehead atoms. The number of carbonyl (C=O) groups is 4. The van der Waals surface area contributed by atoms with Crippen LogP contribution < -0.4 is 20.7 Å². The first-order chi connectivity index (χ1) is 24.7. The highest BCUT2D eigenvalue weighted by Crippen LogP contribution is 2.65. The molecule has 3 N–H and O–H groups in total. The van der Waals surface area contributed by atoms with Crippen LogP contribution in [-0.4, -0.2) is 104 Å². The van der Waals surface area contributed by atoms with Crippen LogP contribution in [0.4, 0.5) is 4.79 Å². The molecule has 14 heteroatoms. The van der Waals surface area contributed by atoms with Gasteiger partial charge >= 0.3 is 19.2 Å². The summed E-state index contributed by atoms with van der Waals surface area (Å²) in [4.78, 5) is 53.4. The van der Waals surface area contributed by atoms with Gasteiger partial charge in [0.2, 0.25) is 11.8 Å². The Balaban J connectivity index is 1.21. The third-order valence-corrected chi connectivity index (χ3v) is 11.3. The molecule has 2 aliphatic heterocycles. The maximum absolute atomic E-state index is 13.8. The molecule has 0 radical (unpaired) electrons. The molecule has 0 aromatic heterocycles. The van der Waals surface area contributed by atoms with E-state index >= 15 is 0 Å². The molecule has 294 valence electrons. The van der Waals surface area contributed by atoms with Crippen molar-refractivity contribution < 1.29 is 42.7 Å². The average molecular weight is 741 g/mol. The summed E-state index contributed by atoms with van der Waals surface area (Å²) in [5, 5.41) is 8.91. The molecule has 5 aliphatic rings. The van der Waals surface area contributed by atoms with E-state index in [2.05, 4.69) is 41.6 Å². The molecule has 0 spiro atoms. The Morgan fingerprint density at radius 1 is 0.981 bits per heavy atom. The lowest BCUT2D eigenvalue weighted by molar-refractivity contribution is -0.199. The van der Waals surface area contributed by atoms with Gasteiger partial charge in [0.05, 0.1) is 31.3 Å². The second-order valence-corrected chi connectivity index (χ2v) is 18.0. The topological polar surface area (TPSA) is 154 Å². The van der Waals surface area contributed by atoms with Crippen molar-refractivity contribution in [3.63, 3.8) is 0 Å². The molecule has 5 atom stereocenters. The van der Waals surface area contributed by atoms with Gasteiger partial charge in [-0.25, -0.2) is 9.59 Å². The second-order valence-electron chi connectivity index (χ2n) is 18.0. The number of nitrogens with one attached hydrogen (secondary N) is 3. The van der Waals surface area contributed by atoms with E-state index in [1.54, 1.807) is 32.9 Å². The smallest absolute Gasteiger partial charge is 0.482 e. The number of methoxy groups -OCH3 is 1. The summed E-state index contributed by atoms with van der Waals surface area (Å²) in [6.45, 7) is 19.2. The molecule has 2 saturated heterocycles. The van der Waals surface area contributed by atoms with Gasteiger partial charge in [0.25, 0.3) is 0 Å². The Morgan fingerprint density at radius 2 is 1.66 bits per heavy atom. The summed E-state index contributed by atoms with van der Waals surface area (Å²) in [7, 11) is 0.838. The highest BCUT2D eigenvalue weighted by molar-refractivity contribution is 6.48. The van der Waals surface area contributed by atoms with Gasteiger partial charge in [-0.3, -0.25) is 14.5 Å².